The Kier molecular flexibility index (Phi) is 4.57. The summed E-state index contributed by atoms with van der Waals surface area (Å²) in [7, 11) is 0. The molecule has 0 spiro atoms. The minimum absolute atomic E-state index is 0.0761. The molecule has 0 aliphatic carbocycles. The lowest BCUT2D eigenvalue weighted by Crippen LogP contribution is -2.19. The lowest BCUT2D eigenvalue weighted by Gasteiger charge is -2.09. The first-order chi connectivity index (χ1) is 11.6. The van der Waals surface area contributed by atoms with E-state index in [1.807, 2.05) is 54.6 Å². The van der Waals surface area contributed by atoms with Crippen molar-refractivity contribution in [1.82, 2.24) is 5.32 Å². The summed E-state index contributed by atoms with van der Waals surface area (Å²) < 4.78 is 0. The van der Waals surface area contributed by atoms with Crippen LogP contribution in [0, 0.1) is 0 Å². The number of nitrogens with one attached hydrogen (secondary N) is 2. The number of carbonyl (C=O) groups is 2. The van der Waals surface area contributed by atoms with Crippen LogP contribution < -0.4 is 10.6 Å². The highest BCUT2D eigenvalue weighted by molar-refractivity contribution is 6.09. The summed E-state index contributed by atoms with van der Waals surface area (Å²) in [6.07, 6.45) is 0. The van der Waals surface area contributed by atoms with Crippen LogP contribution in [-0.2, 0) is 11.3 Å². The Morgan fingerprint density at radius 3 is 2.33 bits per heavy atom. The summed E-state index contributed by atoms with van der Waals surface area (Å²) >= 11 is 0. The lowest BCUT2D eigenvalue weighted by molar-refractivity contribution is -0.119. The Morgan fingerprint density at radius 2 is 1.58 bits per heavy atom. The maximum absolute atomic E-state index is 12.5. The van der Waals surface area contributed by atoms with Gasteiger partial charge in [-0.15, -0.1) is 0 Å². The molecule has 0 aromatic heterocycles. The molecule has 0 atom stereocenters. The van der Waals surface area contributed by atoms with Gasteiger partial charge in [0.1, 0.15) is 0 Å². The Labute approximate surface area is 140 Å². The summed E-state index contributed by atoms with van der Waals surface area (Å²) in [5.41, 5.74) is 2.32. The van der Waals surface area contributed by atoms with Gasteiger partial charge in [0.15, 0.2) is 0 Å². The number of anilines is 1. The summed E-state index contributed by atoms with van der Waals surface area (Å²) in [5, 5.41) is 7.79. The lowest BCUT2D eigenvalue weighted by atomic mass is 10.1. The van der Waals surface area contributed by atoms with Crippen LogP contribution in [0.25, 0.3) is 10.8 Å². The van der Waals surface area contributed by atoms with Gasteiger partial charge in [-0.25, -0.2) is 0 Å². The topological polar surface area (TPSA) is 58.2 Å². The van der Waals surface area contributed by atoms with Gasteiger partial charge in [-0.05, 0) is 29.1 Å². The van der Waals surface area contributed by atoms with Gasteiger partial charge in [0, 0.05) is 30.1 Å². The summed E-state index contributed by atoms with van der Waals surface area (Å²) in [5.74, 6) is -0.231. The van der Waals surface area contributed by atoms with E-state index in [0.29, 0.717) is 12.1 Å². The quantitative estimate of drug-likeness (QED) is 0.770. The van der Waals surface area contributed by atoms with E-state index in [0.717, 1.165) is 22.0 Å². The van der Waals surface area contributed by atoms with Crippen molar-refractivity contribution in [3.05, 3.63) is 77.9 Å². The van der Waals surface area contributed by atoms with Crippen molar-refractivity contribution in [2.45, 2.75) is 13.5 Å². The fourth-order valence-electron chi connectivity index (χ4n) is 2.53. The van der Waals surface area contributed by atoms with E-state index >= 15 is 0 Å². The number of fused-ring (bicyclic) bond motifs is 1. The first-order valence-electron chi connectivity index (χ1n) is 7.76. The van der Waals surface area contributed by atoms with Crippen LogP contribution in [0.1, 0.15) is 22.8 Å². The van der Waals surface area contributed by atoms with Gasteiger partial charge in [0.25, 0.3) is 5.91 Å². The van der Waals surface area contributed by atoms with E-state index in [1.54, 1.807) is 12.1 Å². The zero-order chi connectivity index (χ0) is 16.9. The maximum atomic E-state index is 12.5. The van der Waals surface area contributed by atoms with Crippen LogP contribution >= 0.6 is 0 Å². The third-order valence-electron chi connectivity index (χ3n) is 3.80. The molecule has 3 aromatic carbocycles. The second-order valence-electron chi connectivity index (χ2n) is 5.59. The molecule has 3 rings (SSSR count). The molecule has 2 N–H and O–H groups in total. The smallest absolute Gasteiger partial charge is 0.255 e. The number of benzene rings is 3. The normalized spacial score (nSPS) is 10.4. The first-order valence-corrected chi connectivity index (χ1v) is 7.76. The van der Waals surface area contributed by atoms with Gasteiger partial charge >= 0.3 is 0 Å². The van der Waals surface area contributed by atoms with Crippen molar-refractivity contribution in [2.75, 3.05) is 5.32 Å². The van der Waals surface area contributed by atoms with E-state index in [4.69, 9.17) is 0 Å². The minimum Gasteiger partial charge on any atom is -0.352 e. The second-order valence-corrected chi connectivity index (χ2v) is 5.59. The van der Waals surface area contributed by atoms with E-state index in [1.165, 1.54) is 6.92 Å². The van der Waals surface area contributed by atoms with E-state index in [2.05, 4.69) is 10.6 Å². The van der Waals surface area contributed by atoms with Crippen molar-refractivity contribution in [3.8, 4) is 0 Å². The molecule has 0 unspecified atom stereocenters. The fraction of sp³-hybridized carbons (Fsp3) is 0.100. The summed E-state index contributed by atoms with van der Waals surface area (Å²) in [6.45, 7) is 1.94. The van der Waals surface area contributed by atoms with E-state index in [-0.39, 0.29) is 11.8 Å². The number of carbonyl (C=O) groups excluding carboxylic acids is 2. The zero-order valence-corrected chi connectivity index (χ0v) is 13.4. The molecule has 24 heavy (non-hydrogen) atoms. The van der Waals surface area contributed by atoms with Crippen LogP contribution in [0.5, 0.6) is 0 Å². The van der Waals surface area contributed by atoms with Crippen molar-refractivity contribution in [3.63, 3.8) is 0 Å². The molecule has 0 aliphatic rings. The Morgan fingerprint density at radius 1 is 0.875 bits per heavy atom. The van der Waals surface area contributed by atoms with Gasteiger partial charge in [0.2, 0.25) is 5.91 Å². The summed E-state index contributed by atoms with van der Waals surface area (Å²) in [4.78, 5) is 23.4. The fourth-order valence-corrected chi connectivity index (χ4v) is 2.53. The van der Waals surface area contributed by atoms with Crippen molar-refractivity contribution in [1.29, 1.82) is 0 Å². The van der Waals surface area contributed by atoms with Crippen molar-refractivity contribution < 1.29 is 9.59 Å². The molecule has 2 amide bonds. The van der Waals surface area contributed by atoms with Crippen LogP contribution in [0.2, 0.25) is 0 Å². The third kappa shape index (κ3) is 3.60. The molecular weight excluding hydrogens is 300 g/mol. The van der Waals surface area contributed by atoms with Gasteiger partial charge in [-0.1, -0.05) is 48.5 Å². The second kappa shape index (κ2) is 6.96. The average Bonchev–Trinajstić information content (AvgIpc) is 2.60. The van der Waals surface area contributed by atoms with Gasteiger partial charge in [0.05, 0.1) is 0 Å². The number of hydrogen-bond acceptors (Lipinski definition) is 2. The Bertz CT molecular complexity index is 880. The predicted octanol–water partition coefficient (Wildman–Crippen LogP) is 3.73. The van der Waals surface area contributed by atoms with Crippen molar-refractivity contribution >= 4 is 28.3 Å². The summed E-state index contributed by atoms with van der Waals surface area (Å²) in [6, 6.07) is 21.0. The van der Waals surface area contributed by atoms with Gasteiger partial charge in [-0.2, -0.15) is 0 Å². The average molecular weight is 318 g/mol. The molecule has 4 heteroatoms. The maximum Gasteiger partial charge on any atom is 0.255 e. The number of rotatable bonds is 4. The number of amides is 2. The molecule has 0 saturated carbocycles. The molecule has 0 heterocycles. The Hall–Kier alpha value is -3.14. The molecule has 0 radical (unpaired) electrons. The monoisotopic (exact) mass is 318 g/mol. The highest BCUT2D eigenvalue weighted by Gasteiger charge is 2.08. The van der Waals surface area contributed by atoms with E-state index in [9.17, 15) is 9.59 Å². The molecule has 4 nitrogen and oxygen atoms in total. The molecular formula is C20H18N2O2. The SMILES string of the molecule is CC(=O)NCc1ccc(C(=O)Nc2cccc3ccccc23)cc1. The molecule has 0 aliphatic heterocycles. The van der Waals surface area contributed by atoms with E-state index < -0.39 is 0 Å². The molecule has 0 bridgehead atoms. The number of hydrogen-bond donors (Lipinski definition) is 2. The van der Waals surface area contributed by atoms with Crippen LogP contribution in [-0.4, -0.2) is 11.8 Å². The highest BCUT2D eigenvalue weighted by atomic mass is 16.2. The van der Waals surface area contributed by atoms with Crippen LogP contribution in [0.15, 0.2) is 66.7 Å². The highest BCUT2D eigenvalue weighted by Crippen LogP contribution is 2.23. The first kappa shape index (κ1) is 15.7. The molecule has 0 saturated heterocycles. The minimum atomic E-state index is -0.155. The van der Waals surface area contributed by atoms with Crippen LogP contribution in [0.4, 0.5) is 5.69 Å². The zero-order valence-electron chi connectivity index (χ0n) is 13.4. The largest absolute Gasteiger partial charge is 0.352 e. The van der Waals surface area contributed by atoms with Gasteiger partial charge < -0.3 is 10.6 Å². The predicted molar refractivity (Wildman–Crippen MR) is 95.9 cm³/mol. The molecule has 120 valence electrons. The Balaban J connectivity index is 1.75. The van der Waals surface area contributed by atoms with Crippen molar-refractivity contribution in [2.24, 2.45) is 0 Å². The molecule has 3 aromatic rings. The standard InChI is InChI=1S/C20H18N2O2/c1-14(23)21-13-15-9-11-17(12-10-15)20(24)22-19-8-4-6-16-5-2-3-7-18(16)19/h2-12H,13H2,1H3,(H,21,23)(H,22,24). The molecule has 0 fully saturated rings. The van der Waals surface area contributed by atoms with Crippen LogP contribution in [0.3, 0.4) is 0 Å². The van der Waals surface area contributed by atoms with Gasteiger partial charge in [-0.3, -0.25) is 9.59 Å². The third-order valence-corrected chi connectivity index (χ3v) is 3.80.